The Labute approximate surface area is 85.5 Å². The summed E-state index contributed by atoms with van der Waals surface area (Å²) in [6.07, 6.45) is 6.68. The summed E-state index contributed by atoms with van der Waals surface area (Å²) >= 11 is 0. The number of carboxylic acid groups (broad SMARTS) is 1. The van der Waals surface area contributed by atoms with Crippen LogP contribution in [0.5, 0.6) is 0 Å². The molecule has 0 atom stereocenters. The number of aliphatic carboxylic acids is 1. The first-order valence-corrected chi connectivity index (χ1v) is 4.43. The maximum absolute atomic E-state index is 10.3. The van der Waals surface area contributed by atoms with E-state index in [-0.39, 0.29) is 6.42 Å². The van der Waals surface area contributed by atoms with E-state index in [1.807, 2.05) is 6.07 Å². The summed E-state index contributed by atoms with van der Waals surface area (Å²) in [5.74, 6) is -0.844. The second-order valence-electron chi connectivity index (χ2n) is 3.08. The zero-order chi connectivity index (χ0) is 10.7. The Kier molecular flexibility index (Phi) is 2.45. The van der Waals surface area contributed by atoms with Gasteiger partial charge in [0.15, 0.2) is 5.65 Å². The lowest BCUT2D eigenvalue weighted by Crippen LogP contribution is -1.89. The maximum Gasteiger partial charge on any atom is 0.307 e. The molecular formula is C10H9N3O2. The Morgan fingerprint density at radius 2 is 2.40 bits per heavy atom. The first-order chi connectivity index (χ1) is 7.25. The summed E-state index contributed by atoms with van der Waals surface area (Å²) in [6, 6.07) is 1.89. The van der Waals surface area contributed by atoms with E-state index in [9.17, 15) is 4.79 Å². The quantitative estimate of drug-likeness (QED) is 0.791. The van der Waals surface area contributed by atoms with Crippen molar-refractivity contribution >= 4 is 23.1 Å². The lowest BCUT2D eigenvalue weighted by atomic mass is 10.2. The van der Waals surface area contributed by atoms with Crippen molar-refractivity contribution in [2.45, 2.75) is 6.42 Å². The highest BCUT2D eigenvalue weighted by molar-refractivity contribution is 5.77. The molecule has 0 amide bonds. The molecule has 0 bridgehead atoms. The molecular weight excluding hydrogens is 194 g/mol. The van der Waals surface area contributed by atoms with Crippen LogP contribution in [0.4, 0.5) is 0 Å². The van der Waals surface area contributed by atoms with Crippen molar-refractivity contribution in [1.29, 1.82) is 0 Å². The number of pyridine rings is 1. The van der Waals surface area contributed by atoms with Gasteiger partial charge in [-0.1, -0.05) is 12.2 Å². The molecule has 0 aliphatic heterocycles. The molecule has 0 spiro atoms. The minimum Gasteiger partial charge on any atom is -0.481 e. The first-order valence-electron chi connectivity index (χ1n) is 4.43. The van der Waals surface area contributed by atoms with Crippen LogP contribution >= 0.6 is 0 Å². The van der Waals surface area contributed by atoms with Crippen LogP contribution in [0.3, 0.4) is 0 Å². The molecule has 2 N–H and O–H groups in total. The Hall–Kier alpha value is -2.17. The van der Waals surface area contributed by atoms with Gasteiger partial charge < -0.3 is 5.11 Å². The van der Waals surface area contributed by atoms with Gasteiger partial charge in [0.2, 0.25) is 0 Å². The van der Waals surface area contributed by atoms with E-state index in [0.29, 0.717) is 0 Å². The van der Waals surface area contributed by atoms with Gasteiger partial charge in [-0.25, -0.2) is 4.98 Å². The number of hydrogen-bond acceptors (Lipinski definition) is 3. The third kappa shape index (κ3) is 2.19. The topological polar surface area (TPSA) is 78.9 Å². The minimum atomic E-state index is -0.844. The summed E-state index contributed by atoms with van der Waals surface area (Å²) in [5, 5.41) is 15.9. The zero-order valence-corrected chi connectivity index (χ0v) is 7.84. The highest BCUT2D eigenvalue weighted by Crippen LogP contribution is 2.10. The Morgan fingerprint density at radius 1 is 1.53 bits per heavy atom. The monoisotopic (exact) mass is 203 g/mol. The van der Waals surface area contributed by atoms with E-state index in [4.69, 9.17) is 5.11 Å². The standard InChI is InChI=1S/C10H9N3O2/c14-9(15)3-1-2-7-4-8-6-12-13-10(8)11-5-7/h1-2,4-6H,3H2,(H,14,15)(H,11,12,13). The van der Waals surface area contributed by atoms with Crippen LogP contribution in [0.1, 0.15) is 12.0 Å². The number of fused-ring (bicyclic) bond motifs is 1. The van der Waals surface area contributed by atoms with Crippen LogP contribution in [0.2, 0.25) is 0 Å². The number of hydrogen-bond donors (Lipinski definition) is 2. The third-order valence-electron chi connectivity index (χ3n) is 1.92. The van der Waals surface area contributed by atoms with Gasteiger partial charge in [0.1, 0.15) is 0 Å². The predicted octanol–water partition coefficient (Wildman–Crippen LogP) is 1.45. The van der Waals surface area contributed by atoms with Gasteiger partial charge >= 0.3 is 5.97 Å². The molecule has 0 fully saturated rings. The lowest BCUT2D eigenvalue weighted by molar-refractivity contribution is -0.135. The average molecular weight is 203 g/mol. The average Bonchev–Trinajstić information content (AvgIpc) is 2.64. The molecule has 0 unspecified atom stereocenters. The van der Waals surface area contributed by atoms with Gasteiger partial charge in [-0.15, -0.1) is 0 Å². The van der Waals surface area contributed by atoms with Gasteiger partial charge in [-0.2, -0.15) is 5.10 Å². The summed E-state index contributed by atoms with van der Waals surface area (Å²) in [7, 11) is 0. The fourth-order valence-corrected chi connectivity index (χ4v) is 1.24. The molecule has 15 heavy (non-hydrogen) atoms. The van der Waals surface area contributed by atoms with Crippen molar-refractivity contribution in [3.8, 4) is 0 Å². The minimum absolute atomic E-state index is 0.0173. The lowest BCUT2D eigenvalue weighted by Gasteiger charge is -1.92. The first kappa shape index (κ1) is 9.39. The normalized spacial score (nSPS) is 11.2. The largest absolute Gasteiger partial charge is 0.481 e. The third-order valence-corrected chi connectivity index (χ3v) is 1.92. The SMILES string of the molecule is O=C(O)CC=Cc1cnc2[nH]ncc2c1. The molecule has 0 saturated carbocycles. The van der Waals surface area contributed by atoms with Gasteiger partial charge in [0.25, 0.3) is 0 Å². The van der Waals surface area contributed by atoms with Crippen LogP contribution in [-0.4, -0.2) is 26.3 Å². The number of carbonyl (C=O) groups is 1. The van der Waals surface area contributed by atoms with Crippen molar-refractivity contribution in [3.63, 3.8) is 0 Å². The second-order valence-corrected chi connectivity index (χ2v) is 3.08. The summed E-state index contributed by atoms with van der Waals surface area (Å²) in [5.41, 5.74) is 1.59. The van der Waals surface area contributed by atoms with Crippen molar-refractivity contribution in [2.24, 2.45) is 0 Å². The molecule has 2 heterocycles. The molecule has 0 saturated heterocycles. The van der Waals surface area contributed by atoms with Gasteiger partial charge in [-0.05, 0) is 11.6 Å². The van der Waals surface area contributed by atoms with Crippen molar-refractivity contribution in [1.82, 2.24) is 15.2 Å². The molecule has 0 aliphatic carbocycles. The Morgan fingerprint density at radius 3 is 3.20 bits per heavy atom. The molecule has 0 aromatic carbocycles. The highest BCUT2D eigenvalue weighted by atomic mass is 16.4. The number of nitrogens with zero attached hydrogens (tertiary/aromatic N) is 2. The predicted molar refractivity (Wildman–Crippen MR) is 55.2 cm³/mol. The molecule has 2 aromatic rings. The summed E-state index contributed by atoms with van der Waals surface area (Å²) < 4.78 is 0. The summed E-state index contributed by atoms with van der Waals surface area (Å²) in [4.78, 5) is 14.4. The summed E-state index contributed by atoms with van der Waals surface area (Å²) in [6.45, 7) is 0. The second kappa shape index (κ2) is 3.91. The smallest absolute Gasteiger partial charge is 0.307 e. The molecule has 5 nitrogen and oxygen atoms in total. The van der Waals surface area contributed by atoms with Crippen LogP contribution in [0.15, 0.2) is 24.5 Å². The number of nitrogens with one attached hydrogen (secondary N) is 1. The van der Waals surface area contributed by atoms with Crippen LogP contribution in [0.25, 0.3) is 17.1 Å². The number of carboxylic acids is 1. The van der Waals surface area contributed by atoms with Crippen LogP contribution < -0.4 is 0 Å². The molecule has 0 aliphatic rings. The molecule has 2 rings (SSSR count). The molecule has 2 aromatic heterocycles. The number of aromatic nitrogens is 3. The highest BCUT2D eigenvalue weighted by Gasteiger charge is 1.96. The van der Waals surface area contributed by atoms with Crippen molar-refractivity contribution < 1.29 is 9.90 Å². The Balaban J connectivity index is 2.21. The van der Waals surface area contributed by atoms with Crippen molar-refractivity contribution in [3.05, 3.63) is 30.1 Å². The number of rotatable bonds is 3. The van der Waals surface area contributed by atoms with E-state index >= 15 is 0 Å². The molecule has 76 valence electrons. The molecule has 5 heteroatoms. The van der Waals surface area contributed by atoms with E-state index in [1.165, 1.54) is 0 Å². The fourth-order valence-electron chi connectivity index (χ4n) is 1.24. The zero-order valence-electron chi connectivity index (χ0n) is 7.84. The van der Waals surface area contributed by atoms with Gasteiger partial charge in [0, 0.05) is 11.6 Å². The van der Waals surface area contributed by atoms with E-state index in [0.717, 1.165) is 16.6 Å². The maximum atomic E-state index is 10.3. The van der Waals surface area contributed by atoms with E-state index < -0.39 is 5.97 Å². The molecule has 0 radical (unpaired) electrons. The van der Waals surface area contributed by atoms with Crippen LogP contribution in [-0.2, 0) is 4.79 Å². The van der Waals surface area contributed by atoms with E-state index in [1.54, 1.807) is 24.5 Å². The van der Waals surface area contributed by atoms with Gasteiger partial charge in [0.05, 0.1) is 12.6 Å². The Bertz CT molecular complexity index is 516. The van der Waals surface area contributed by atoms with Crippen molar-refractivity contribution in [2.75, 3.05) is 0 Å². The van der Waals surface area contributed by atoms with Crippen LogP contribution in [0, 0.1) is 0 Å². The van der Waals surface area contributed by atoms with Gasteiger partial charge in [-0.3, -0.25) is 9.89 Å². The number of aromatic amines is 1. The number of H-pyrrole nitrogens is 1. The fraction of sp³-hybridized carbons (Fsp3) is 0.100. The van der Waals surface area contributed by atoms with E-state index in [2.05, 4.69) is 15.2 Å².